The Balaban J connectivity index is 1.87. The van der Waals surface area contributed by atoms with Crippen LogP contribution < -0.4 is 26.1 Å². The first kappa shape index (κ1) is 15.6. The van der Waals surface area contributed by atoms with Gasteiger partial charge < -0.3 is 20.2 Å². The number of nitrogens with one attached hydrogen (secondary N) is 2. The Hall–Kier alpha value is -2.80. The number of hydrogen-bond acceptors (Lipinski definition) is 6. The summed E-state index contributed by atoms with van der Waals surface area (Å²) < 4.78 is 10.7. The van der Waals surface area contributed by atoms with Crippen LogP contribution in [0.1, 0.15) is 6.92 Å². The van der Waals surface area contributed by atoms with Crippen molar-refractivity contribution in [3.05, 3.63) is 42.6 Å². The highest BCUT2D eigenvalue weighted by molar-refractivity contribution is 5.91. The molecule has 1 aromatic heterocycles. The number of anilines is 2. The van der Waals surface area contributed by atoms with Gasteiger partial charge in [-0.25, -0.2) is 10.8 Å². The van der Waals surface area contributed by atoms with E-state index >= 15 is 0 Å². The van der Waals surface area contributed by atoms with Crippen molar-refractivity contribution >= 4 is 17.4 Å². The minimum absolute atomic E-state index is 0.145. The van der Waals surface area contributed by atoms with Gasteiger partial charge in [0.2, 0.25) is 0 Å². The van der Waals surface area contributed by atoms with Crippen molar-refractivity contribution in [1.29, 1.82) is 0 Å². The van der Waals surface area contributed by atoms with E-state index in [0.29, 0.717) is 23.9 Å². The number of pyridine rings is 1. The summed E-state index contributed by atoms with van der Waals surface area (Å²) in [6.45, 7) is 2.37. The fourth-order valence-electron chi connectivity index (χ4n) is 1.76. The molecule has 0 atom stereocenters. The first-order chi connectivity index (χ1) is 10.7. The summed E-state index contributed by atoms with van der Waals surface area (Å²) in [6, 6.07) is 10.5. The molecule has 0 bridgehead atoms. The fraction of sp³-hybridized carbons (Fsp3) is 0.200. The number of aromatic nitrogens is 1. The summed E-state index contributed by atoms with van der Waals surface area (Å²) >= 11 is 0. The number of nitrogen functional groups attached to an aromatic ring is 1. The van der Waals surface area contributed by atoms with E-state index in [0.717, 1.165) is 5.75 Å². The molecule has 0 radical (unpaired) electrons. The fourth-order valence-corrected chi connectivity index (χ4v) is 1.76. The lowest BCUT2D eigenvalue weighted by molar-refractivity contribution is -0.118. The molecule has 0 aliphatic carbocycles. The molecule has 0 saturated heterocycles. The van der Waals surface area contributed by atoms with Gasteiger partial charge in [0, 0.05) is 11.9 Å². The molecule has 7 nitrogen and oxygen atoms in total. The normalized spacial score (nSPS) is 9.91. The average Bonchev–Trinajstić information content (AvgIpc) is 2.55. The first-order valence-corrected chi connectivity index (χ1v) is 6.80. The molecule has 1 amide bonds. The molecule has 22 heavy (non-hydrogen) atoms. The summed E-state index contributed by atoms with van der Waals surface area (Å²) in [7, 11) is 0. The number of carbonyl (C=O) groups is 1. The molecule has 0 aliphatic rings. The molecule has 116 valence electrons. The number of hydrogen-bond donors (Lipinski definition) is 3. The second-order valence-electron chi connectivity index (χ2n) is 4.29. The number of ether oxygens (including phenoxy) is 2. The molecule has 0 saturated carbocycles. The standard InChI is InChI=1S/C15H18N4O3/c1-2-21-12-7-5-11(6-8-12)18-14(20)10-22-13-4-3-9-17-15(13)19-16/h3-9H,2,10,16H2,1H3,(H,17,19)(H,18,20). The van der Waals surface area contributed by atoms with Crippen LogP contribution >= 0.6 is 0 Å². The minimum atomic E-state index is -0.281. The number of rotatable bonds is 7. The molecule has 4 N–H and O–H groups in total. The van der Waals surface area contributed by atoms with E-state index in [1.807, 2.05) is 6.92 Å². The van der Waals surface area contributed by atoms with Gasteiger partial charge in [0.15, 0.2) is 18.2 Å². The predicted molar refractivity (Wildman–Crippen MR) is 83.8 cm³/mol. The molecule has 1 heterocycles. The van der Waals surface area contributed by atoms with E-state index in [2.05, 4.69) is 15.7 Å². The highest BCUT2D eigenvalue weighted by atomic mass is 16.5. The number of hydrazine groups is 1. The van der Waals surface area contributed by atoms with Crippen molar-refractivity contribution in [3.8, 4) is 11.5 Å². The second-order valence-corrected chi connectivity index (χ2v) is 4.29. The lowest BCUT2D eigenvalue weighted by Gasteiger charge is -2.10. The van der Waals surface area contributed by atoms with Crippen LogP contribution in [0.25, 0.3) is 0 Å². The third-order valence-electron chi connectivity index (χ3n) is 2.72. The van der Waals surface area contributed by atoms with Gasteiger partial charge in [0.25, 0.3) is 5.91 Å². The lowest BCUT2D eigenvalue weighted by Crippen LogP contribution is -2.21. The van der Waals surface area contributed by atoms with Crippen molar-refractivity contribution in [2.24, 2.45) is 5.84 Å². The number of nitrogens with zero attached hydrogens (tertiary/aromatic N) is 1. The summed E-state index contributed by atoms with van der Waals surface area (Å²) in [5.41, 5.74) is 3.07. The SMILES string of the molecule is CCOc1ccc(NC(=O)COc2cccnc2NN)cc1. The summed E-state index contributed by atoms with van der Waals surface area (Å²) in [6.07, 6.45) is 1.57. The Bertz CT molecular complexity index is 616. The first-order valence-electron chi connectivity index (χ1n) is 6.80. The molecule has 0 fully saturated rings. The van der Waals surface area contributed by atoms with Crippen LogP contribution in [0.15, 0.2) is 42.6 Å². The Kier molecular flexibility index (Phi) is 5.56. The highest BCUT2D eigenvalue weighted by Crippen LogP contribution is 2.19. The van der Waals surface area contributed by atoms with Gasteiger partial charge >= 0.3 is 0 Å². The molecule has 0 aliphatic heterocycles. The molecule has 2 rings (SSSR count). The highest BCUT2D eigenvalue weighted by Gasteiger charge is 2.07. The summed E-state index contributed by atoms with van der Waals surface area (Å²) in [5.74, 6) is 6.57. The lowest BCUT2D eigenvalue weighted by atomic mass is 10.3. The van der Waals surface area contributed by atoms with Crippen LogP contribution in [0.3, 0.4) is 0 Å². The summed E-state index contributed by atoms with van der Waals surface area (Å²) in [4.78, 5) is 15.8. The largest absolute Gasteiger partial charge is 0.494 e. The molecule has 1 aromatic carbocycles. The Morgan fingerprint density at radius 3 is 2.68 bits per heavy atom. The van der Waals surface area contributed by atoms with Gasteiger partial charge in [-0.3, -0.25) is 4.79 Å². The number of carbonyl (C=O) groups excluding carboxylic acids is 1. The van der Waals surface area contributed by atoms with E-state index < -0.39 is 0 Å². The number of benzene rings is 1. The summed E-state index contributed by atoms with van der Waals surface area (Å²) in [5, 5.41) is 2.73. The van der Waals surface area contributed by atoms with Crippen LogP contribution in [0.4, 0.5) is 11.5 Å². The molecule has 7 heteroatoms. The van der Waals surface area contributed by atoms with E-state index in [-0.39, 0.29) is 12.5 Å². The predicted octanol–water partition coefficient (Wildman–Crippen LogP) is 1.78. The maximum absolute atomic E-state index is 11.9. The third-order valence-corrected chi connectivity index (χ3v) is 2.72. The van der Waals surface area contributed by atoms with Crippen molar-refractivity contribution in [2.75, 3.05) is 24.0 Å². The zero-order chi connectivity index (χ0) is 15.8. The van der Waals surface area contributed by atoms with E-state index in [9.17, 15) is 4.79 Å². The number of nitrogens with two attached hydrogens (primary N) is 1. The second kappa shape index (κ2) is 7.84. The van der Waals surface area contributed by atoms with Crippen LogP contribution in [0, 0.1) is 0 Å². The Labute approximate surface area is 128 Å². The van der Waals surface area contributed by atoms with Crippen molar-refractivity contribution in [2.45, 2.75) is 6.92 Å². The topological polar surface area (TPSA) is 98.5 Å². The molecule has 0 spiro atoms. The van der Waals surface area contributed by atoms with Gasteiger partial charge in [-0.05, 0) is 43.3 Å². The van der Waals surface area contributed by atoms with Gasteiger partial charge in [-0.2, -0.15) is 0 Å². The number of amides is 1. The Morgan fingerprint density at radius 2 is 2.00 bits per heavy atom. The molecular weight excluding hydrogens is 284 g/mol. The van der Waals surface area contributed by atoms with Gasteiger partial charge in [-0.1, -0.05) is 0 Å². The molecule has 0 unspecified atom stereocenters. The maximum atomic E-state index is 11.9. The van der Waals surface area contributed by atoms with Crippen molar-refractivity contribution < 1.29 is 14.3 Å². The third kappa shape index (κ3) is 4.35. The minimum Gasteiger partial charge on any atom is -0.494 e. The average molecular weight is 302 g/mol. The van der Waals surface area contributed by atoms with Crippen LogP contribution in [0.5, 0.6) is 11.5 Å². The maximum Gasteiger partial charge on any atom is 0.262 e. The van der Waals surface area contributed by atoms with Gasteiger partial charge in [-0.15, -0.1) is 0 Å². The van der Waals surface area contributed by atoms with Gasteiger partial charge in [0.1, 0.15) is 5.75 Å². The smallest absolute Gasteiger partial charge is 0.262 e. The van der Waals surface area contributed by atoms with Crippen LogP contribution in [-0.2, 0) is 4.79 Å². The van der Waals surface area contributed by atoms with Crippen LogP contribution in [0.2, 0.25) is 0 Å². The quantitative estimate of drug-likeness (QED) is 0.533. The van der Waals surface area contributed by atoms with Crippen molar-refractivity contribution in [1.82, 2.24) is 4.98 Å². The Morgan fingerprint density at radius 1 is 1.23 bits per heavy atom. The zero-order valence-electron chi connectivity index (χ0n) is 12.2. The van der Waals surface area contributed by atoms with E-state index in [1.165, 1.54) is 0 Å². The monoisotopic (exact) mass is 302 g/mol. The van der Waals surface area contributed by atoms with Crippen LogP contribution in [-0.4, -0.2) is 24.1 Å². The van der Waals surface area contributed by atoms with Crippen molar-refractivity contribution in [3.63, 3.8) is 0 Å². The zero-order valence-corrected chi connectivity index (χ0v) is 12.2. The van der Waals surface area contributed by atoms with Gasteiger partial charge in [0.05, 0.1) is 6.61 Å². The van der Waals surface area contributed by atoms with E-state index in [1.54, 1.807) is 42.6 Å². The molecule has 2 aromatic rings. The molecular formula is C15H18N4O3. The van der Waals surface area contributed by atoms with E-state index in [4.69, 9.17) is 15.3 Å².